The highest BCUT2D eigenvalue weighted by Crippen LogP contribution is 2.20. The van der Waals surface area contributed by atoms with Crippen molar-refractivity contribution >= 4 is 28.1 Å². The summed E-state index contributed by atoms with van der Waals surface area (Å²) in [6.45, 7) is 4.59. The number of nitrogens with zero attached hydrogens (tertiary/aromatic N) is 2. The molecule has 0 atom stereocenters. The molecule has 1 aromatic carbocycles. The van der Waals surface area contributed by atoms with Gasteiger partial charge in [-0.05, 0) is 25.1 Å². The molecular weight excluding hydrogens is 246 g/mol. The van der Waals surface area contributed by atoms with E-state index in [0.717, 1.165) is 34.0 Å². The van der Waals surface area contributed by atoms with Crippen LogP contribution in [0.2, 0.25) is 0 Å². The zero-order valence-corrected chi connectivity index (χ0v) is 11.0. The van der Waals surface area contributed by atoms with Crippen molar-refractivity contribution in [1.29, 1.82) is 0 Å². The molecule has 0 saturated heterocycles. The molecule has 0 spiro atoms. The first-order chi connectivity index (χ1) is 8.70. The van der Waals surface area contributed by atoms with Crippen LogP contribution in [-0.2, 0) is 6.54 Å². The summed E-state index contributed by atoms with van der Waals surface area (Å²) < 4.78 is 5.44. The first kappa shape index (κ1) is 11.2. The Labute approximate surface area is 109 Å². The number of oxazole rings is 1. The number of fused-ring (bicyclic) bond motifs is 1. The first-order valence-corrected chi connectivity index (χ1v) is 6.61. The maximum atomic E-state index is 5.44. The highest BCUT2D eigenvalue weighted by atomic mass is 32.1. The molecule has 0 aliphatic heterocycles. The molecule has 18 heavy (non-hydrogen) atoms. The van der Waals surface area contributed by atoms with Crippen molar-refractivity contribution < 1.29 is 4.42 Å². The minimum Gasteiger partial charge on any atom is -0.441 e. The van der Waals surface area contributed by atoms with Crippen LogP contribution in [0.1, 0.15) is 16.6 Å². The number of aromatic nitrogens is 2. The van der Waals surface area contributed by atoms with E-state index >= 15 is 0 Å². The summed E-state index contributed by atoms with van der Waals surface area (Å²) in [5, 5.41) is 6.50. The van der Waals surface area contributed by atoms with E-state index in [4.69, 9.17) is 4.42 Å². The Hall–Kier alpha value is -1.88. The molecule has 92 valence electrons. The second kappa shape index (κ2) is 4.42. The molecule has 0 radical (unpaired) electrons. The summed E-state index contributed by atoms with van der Waals surface area (Å²) in [6.07, 6.45) is 0. The standard InChI is InChI=1S/C13H13N3OS/c1-8-15-12-5-10(3-4-13(12)17-8)14-6-11-7-18-9(2)16-11/h3-5,7,14H,6H2,1-2H3. The van der Waals surface area contributed by atoms with Gasteiger partial charge in [-0.2, -0.15) is 0 Å². The largest absolute Gasteiger partial charge is 0.441 e. The fourth-order valence-corrected chi connectivity index (χ4v) is 2.45. The molecule has 1 N–H and O–H groups in total. The van der Waals surface area contributed by atoms with E-state index < -0.39 is 0 Å². The van der Waals surface area contributed by atoms with Crippen LogP contribution in [0.25, 0.3) is 11.1 Å². The van der Waals surface area contributed by atoms with E-state index in [1.54, 1.807) is 11.3 Å². The maximum Gasteiger partial charge on any atom is 0.192 e. The van der Waals surface area contributed by atoms with Crippen molar-refractivity contribution in [2.24, 2.45) is 0 Å². The van der Waals surface area contributed by atoms with Gasteiger partial charge in [0.15, 0.2) is 11.5 Å². The minimum absolute atomic E-state index is 0.692. The predicted molar refractivity (Wildman–Crippen MR) is 72.9 cm³/mol. The summed E-state index contributed by atoms with van der Waals surface area (Å²) in [4.78, 5) is 8.73. The lowest BCUT2D eigenvalue weighted by Crippen LogP contribution is -1.99. The van der Waals surface area contributed by atoms with Crippen LogP contribution >= 0.6 is 11.3 Å². The Balaban J connectivity index is 1.78. The van der Waals surface area contributed by atoms with Crippen LogP contribution in [0, 0.1) is 13.8 Å². The molecule has 0 aliphatic rings. The molecule has 5 heteroatoms. The molecule has 2 heterocycles. The van der Waals surface area contributed by atoms with Gasteiger partial charge in [-0.15, -0.1) is 11.3 Å². The average molecular weight is 259 g/mol. The Bertz CT molecular complexity index is 686. The van der Waals surface area contributed by atoms with E-state index in [1.165, 1.54) is 0 Å². The first-order valence-electron chi connectivity index (χ1n) is 5.73. The van der Waals surface area contributed by atoms with Gasteiger partial charge in [-0.3, -0.25) is 0 Å². The van der Waals surface area contributed by atoms with Gasteiger partial charge in [-0.25, -0.2) is 9.97 Å². The SMILES string of the molecule is Cc1nc2cc(NCc3csc(C)n3)ccc2o1. The molecule has 3 rings (SSSR count). The number of benzene rings is 1. The van der Waals surface area contributed by atoms with Crippen molar-refractivity contribution in [3.05, 3.63) is 40.2 Å². The van der Waals surface area contributed by atoms with Gasteiger partial charge in [0.25, 0.3) is 0 Å². The van der Waals surface area contributed by atoms with Crippen LogP contribution in [0.5, 0.6) is 0 Å². The fourth-order valence-electron chi connectivity index (χ4n) is 1.83. The zero-order valence-electron chi connectivity index (χ0n) is 10.2. The maximum absolute atomic E-state index is 5.44. The highest BCUT2D eigenvalue weighted by Gasteiger charge is 2.03. The molecule has 4 nitrogen and oxygen atoms in total. The molecule has 0 fully saturated rings. The van der Waals surface area contributed by atoms with Gasteiger partial charge in [0.2, 0.25) is 0 Å². The lowest BCUT2D eigenvalue weighted by molar-refractivity contribution is 0.561. The van der Waals surface area contributed by atoms with Crippen LogP contribution in [-0.4, -0.2) is 9.97 Å². The molecule has 0 aliphatic carbocycles. The van der Waals surface area contributed by atoms with Gasteiger partial charge in [-0.1, -0.05) is 0 Å². The summed E-state index contributed by atoms with van der Waals surface area (Å²) in [5.74, 6) is 0.692. The summed E-state index contributed by atoms with van der Waals surface area (Å²) in [6, 6.07) is 5.92. The Morgan fingerprint density at radius 1 is 1.28 bits per heavy atom. The van der Waals surface area contributed by atoms with Crippen LogP contribution < -0.4 is 5.32 Å². The third kappa shape index (κ3) is 2.22. The van der Waals surface area contributed by atoms with Crippen molar-refractivity contribution in [2.45, 2.75) is 20.4 Å². The van der Waals surface area contributed by atoms with Gasteiger partial charge in [0.05, 0.1) is 17.2 Å². The molecule has 0 saturated carbocycles. The number of thiazole rings is 1. The summed E-state index contributed by atoms with van der Waals surface area (Å²) >= 11 is 1.67. The number of rotatable bonds is 3. The van der Waals surface area contributed by atoms with E-state index in [0.29, 0.717) is 5.89 Å². The second-order valence-electron chi connectivity index (χ2n) is 4.13. The topological polar surface area (TPSA) is 51.0 Å². The molecule has 0 bridgehead atoms. The van der Waals surface area contributed by atoms with E-state index in [2.05, 4.69) is 20.7 Å². The number of aryl methyl sites for hydroxylation is 2. The van der Waals surface area contributed by atoms with E-state index in [1.807, 2.05) is 32.0 Å². The van der Waals surface area contributed by atoms with Crippen LogP contribution in [0.3, 0.4) is 0 Å². The van der Waals surface area contributed by atoms with Gasteiger partial charge in [0, 0.05) is 18.0 Å². The third-order valence-corrected chi connectivity index (χ3v) is 3.46. The number of anilines is 1. The lowest BCUT2D eigenvalue weighted by Gasteiger charge is -2.03. The van der Waals surface area contributed by atoms with Gasteiger partial charge in [0.1, 0.15) is 5.52 Å². The van der Waals surface area contributed by atoms with Crippen molar-refractivity contribution in [3.63, 3.8) is 0 Å². The molecular formula is C13H13N3OS. The minimum atomic E-state index is 0.692. The second-order valence-corrected chi connectivity index (χ2v) is 5.19. The van der Waals surface area contributed by atoms with Gasteiger partial charge < -0.3 is 9.73 Å². The van der Waals surface area contributed by atoms with Crippen LogP contribution in [0.4, 0.5) is 5.69 Å². The number of hydrogen-bond acceptors (Lipinski definition) is 5. The quantitative estimate of drug-likeness (QED) is 0.782. The zero-order chi connectivity index (χ0) is 12.5. The Morgan fingerprint density at radius 2 is 2.17 bits per heavy atom. The number of hydrogen-bond donors (Lipinski definition) is 1. The van der Waals surface area contributed by atoms with Crippen LogP contribution in [0.15, 0.2) is 28.0 Å². The van der Waals surface area contributed by atoms with Crippen molar-refractivity contribution in [3.8, 4) is 0 Å². The number of nitrogens with one attached hydrogen (secondary N) is 1. The molecule has 3 aromatic rings. The van der Waals surface area contributed by atoms with Crippen molar-refractivity contribution in [2.75, 3.05) is 5.32 Å². The van der Waals surface area contributed by atoms with Gasteiger partial charge >= 0.3 is 0 Å². The Morgan fingerprint density at radius 3 is 2.94 bits per heavy atom. The smallest absolute Gasteiger partial charge is 0.192 e. The predicted octanol–water partition coefficient (Wildman–Crippen LogP) is 3.51. The van der Waals surface area contributed by atoms with E-state index in [-0.39, 0.29) is 0 Å². The normalized spacial score (nSPS) is 11.0. The van der Waals surface area contributed by atoms with Crippen molar-refractivity contribution in [1.82, 2.24) is 9.97 Å². The lowest BCUT2D eigenvalue weighted by atomic mass is 10.3. The van der Waals surface area contributed by atoms with E-state index in [9.17, 15) is 0 Å². The fraction of sp³-hybridized carbons (Fsp3) is 0.231. The Kier molecular flexibility index (Phi) is 2.76. The summed E-state index contributed by atoms with van der Waals surface area (Å²) in [5.41, 5.74) is 3.80. The summed E-state index contributed by atoms with van der Waals surface area (Å²) in [7, 11) is 0. The molecule has 0 unspecified atom stereocenters. The third-order valence-electron chi connectivity index (χ3n) is 2.63. The molecule has 2 aromatic heterocycles. The highest BCUT2D eigenvalue weighted by molar-refractivity contribution is 7.09. The average Bonchev–Trinajstić information content (AvgIpc) is 2.90. The molecule has 0 amide bonds. The monoisotopic (exact) mass is 259 g/mol.